The standard InChI is InChI=1S/C9H12BrN3O3S/c1-9(2,6(14)15)13(3)8(16)12-7-11-4-5(10)17-7/h4H,1-3H3,(H,14,15)(H,11,12,16). The van der Waals surface area contributed by atoms with E-state index in [1.165, 1.54) is 32.2 Å². The van der Waals surface area contributed by atoms with Gasteiger partial charge >= 0.3 is 12.0 Å². The maximum atomic E-state index is 11.8. The van der Waals surface area contributed by atoms with Gasteiger partial charge in [-0.15, -0.1) is 0 Å². The summed E-state index contributed by atoms with van der Waals surface area (Å²) in [5.41, 5.74) is -1.28. The van der Waals surface area contributed by atoms with Crippen LogP contribution in [0.1, 0.15) is 13.8 Å². The van der Waals surface area contributed by atoms with E-state index in [1.54, 1.807) is 6.20 Å². The van der Waals surface area contributed by atoms with E-state index in [-0.39, 0.29) is 0 Å². The van der Waals surface area contributed by atoms with Gasteiger partial charge in [0, 0.05) is 7.05 Å². The molecular weight excluding hydrogens is 310 g/mol. The van der Waals surface area contributed by atoms with Crippen LogP contribution in [0.15, 0.2) is 9.98 Å². The Morgan fingerprint density at radius 3 is 2.59 bits per heavy atom. The summed E-state index contributed by atoms with van der Waals surface area (Å²) in [4.78, 5) is 27.8. The molecule has 17 heavy (non-hydrogen) atoms. The first kappa shape index (κ1) is 13.9. The van der Waals surface area contributed by atoms with Crippen molar-refractivity contribution in [2.75, 3.05) is 12.4 Å². The molecule has 0 saturated heterocycles. The van der Waals surface area contributed by atoms with Crippen molar-refractivity contribution in [3.8, 4) is 0 Å². The Hall–Kier alpha value is -1.15. The molecular formula is C9H12BrN3O3S. The Morgan fingerprint density at radius 2 is 2.18 bits per heavy atom. The van der Waals surface area contributed by atoms with E-state index in [0.29, 0.717) is 5.13 Å². The lowest BCUT2D eigenvalue weighted by atomic mass is 10.1. The molecule has 94 valence electrons. The van der Waals surface area contributed by atoms with Crippen LogP contribution in [-0.2, 0) is 4.79 Å². The minimum Gasteiger partial charge on any atom is -0.480 e. The number of rotatable bonds is 3. The Labute approximate surface area is 111 Å². The largest absolute Gasteiger partial charge is 0.480 e. The van der Waals surface area contributed by atoms with Gasteiger partial charge in [-0.2, -0.15) is 0 Å². The zero-order chi connectivity index (χ0) is 13.2. The van der Waals surface area contributed by atoms with Gasteiger partial charge in [0.2, 0.25) is 0 Å². The number of nitrogens with one attached hydrogen (secondary N) is 1. The molecule has 0 spiro atoms. The summed E-state index contributed by atoms with van der Waals surface area (Å²) in [5.74, 6) is -1.07. The SMILES string of the molecule is CN(C(=O)Nc1ncc(Br)s1)C(C)(C)C(=O)O. The maximum absolute atomic E-state index is 11.8. The van der Waals surface area contributed by atoms with Crippen LogP contribution in [0.3, 0.4) is 0 Å². The number of carboxylic acid groups (broad SMARTS) is 1. The number of urea groups is 1. The minimum absolute atomic E-state index is 0.412. The fourth-order valence-corrected chi connectivity index (χ4v) is 1.98. The lowest BCUT2D eigenvalue weighted by molar-refractivity contribution is -0.146. The lowest BCUT2D eigenvalue weighted by Crippen LogP contribution is -2.52. The highest BCUT2D eigenvalue weighted by molar-refractivity contribution is 9.11. The third-order valence-corrected chi connectivity index (χ3v) is 3.75. The van der Waals surface area contributed by atoms with Crippen molar-refractivity contribution in [3.63, 3.8) is 0 Å². The molecule has 8 heteroatoms. The molecule has 2 amide bonds. The average molecular weight is 322 g/mol. The first-order chi connectivity index (χ1) is 7.75. The number of carboxylic acids is 1. The first-order valence-electron chi connectivity index (χ1n) is 4.64. The summed E-state index contributed by atoms with van der Waals surface area (Å²) in [6, 6.07) is -0.515. The average Bonchev–Trinajstić information content (AvgIpc) is 2.62. The highest BCUT2D eigenvalue weighted by atomic mass is 79.9. The molecule has 1 heterocycles. The predicted octanol–water partition coefficient (Wildman–Crippen LogP) is 2.23. The number of halogens is 1. The van der Waals surface area contributed by atoms with Gasteiger partial charge in [0.1, 0.15) is 5.54 Å². The van der Waals surface area contributed by atoms with Crippen molar-refractivity contribution in [1.82, 2.24) is 9.88 Å². The van der Waals surface area contributed by atoms with Crippen molar-refractivity contribution >= 4 is 44.4 Å². The van der Waals surface area contributed by atoms with Gasteiger partial charge in [-0.25, -0.2) is 14.6 Å². The summed E-state index contributed by atoms with van der Waals surface area (Å²) < 4.78 is 0.785. The van der Waals surface area contributed by atoms with Crippen LogP contribution in [0, 0.1) is 0 Å². The van der Waals surface area contributed by atoms with Gasteiger partial charge in [0.25, 0.3) is 0 Å². The van der Waals surface area contributed by atoms with E-state index in [4.69, 9.17) is 5.11 Å². The molecule has 0 unspecified atom stereocenters. The number of hydrogen-bond acceptors (Lipinski definition) is 4. The fraction of sp³-hybridized carbons (Fsp3) is 0.444. The normalized spacial score (nSPS) is 11.1. The van der Waals surface area contributed by atoms with E-state index in [0.717, 1.165) is 8.69 Å². The molecule has 0 atom stereocenters. The predicted molar refractivity (Wildman–Crippen MR) is 68.3 cm³/mol. The molecule has 0 aliphatic rings. The molecule has 0 bridgehead atoms. The third kappa shape index (κ3) is 3.16. The molecule has 0 aliphatic heterocycles. The monoisotopic (exact) mass is 321 g/mol. The fourth-order valence-electron chi connectivity index (χ4n) is 0.885. The number of amides is 2. The molecule has 1 aromatic heterocycles. The number of anilines is 1. The van der Waals surface area contributed by atoms with Crippen LogP contribution in [0.5, 0.6) is 0 Å². The molecule has 1 aromatic rings. The highest BCUT2D eigenvalue weighted by Crippen LogP contribution is 2.24. The van der Waals surface area contributed by atoms with Gasteiger partial charge in [0.05, 0.1) is 9.98 Å². The Bertz CT molecular complexity index is 446. The van der Waals surface area contributed by atoms with Crippen LogP contribution in [-0.4, -0.2) is 39.6 Å². The summed E-state index contributed by atoms with van der Waals surface area (Å²) in [6.07, 6.45) is 1.56. The Kier molecular flexibility index (Phi) is 4.10. The number of thiazole rings is 1. The van der Waals surface area contributed by atoms with E-state index < -0.39 is 17.5 Å². The van der Waals surface area contributed by atoms with Crippen molar-refractivity contribution < 1.29 is 14.7 Å². The van der Waals surface area contributed by atoms with Crippen LogP contribution in [0.25, 0.3) is 0 Å². The second kappa shape index (κ2) is 5.01. The summed E-state index contributed by atoms with van der Waals surface area (Å²) >= 11 is 4.47. The molecule has 0 radical (unpaired) electrons. The van der Waals surface area contributed by atoms with E-state index in [9.17, 15) is 9.59 Å². The second-order valence-corrected chi connectivity index (χ2v) is 6.23. The van der Waals surface area contributed by atoms with E-state index >= 15 is 0 Å². The molecule has 0 fully saturated rings. The summed E-state index contributed by atoms with van der Waals surface area (Å²) in [7, 11) is 1.42. The number of carbonyl (C=O) groups excluding carboxylic acids is 1. The zero-order valence-corrected chi connectivity index (χ0v) is 11.9. The van der Waals surface area contributed by atoms with Crippen molar-refractivity contribution in [2.45, 2.75) is 19.4 Å². The van der Waals surface area contributed by atoms with Gasteiger partial charge < -0.3 is 10.0 Å². The lowest BCUT2D eigenvalue weighted by Gasteiger charge is -2.31. The number of aromatic nitrogens is 1. The smallest absolute Gasteiger partial charge is 0.329 e. The number of aliphatic carboxylic acids is 1. The zero-order valence-electron chi connectivity index (χ0n) is 9.52. The summed E-state index contributed by atoms with van der Waals surface area (Å²) in [6.45, 7) is 2.90. The molecule has 2 N–H and O–H groups in total. The van der Waals surface area contributed by atoms with Crippen LogP contribution in [0.2, 0.25) is 0 Å². The van der Waals surface area contributed by atoms with Gasteiger partial charge in [0.15, 0.2) is 5.13 Å². The second-order valence-electron chi connectivity index (χ2n) is 3.82. The maximum Gasteiger partial charge on any atom is 0.329 e. The number of hydrogen-bond donors (Lipinski definition) is 2. The van der Waals surface area contributed by atoms with E-state index in [1.807, 2.05) is 0 Å². The van der Waals surface area contributed by atoms with Crippen molar-refractivity contribution in [2.24, 2.45) is 0 Å². The first-order valence-corrected chi connectivity index (χ1v) is 6.25. The van der Waals surface area contributed by atoms with Crippen LogP contribution >= 0.6 is 27.3 Å². The molecule has 1 rings (SSSR count). The van der Waals surface area contributed by atoms with Crippen molar-refractivity contribution in [3.05, 3.63) is 9.98 Å². The number of nitrogens with zero attached hydrogens (tertiary/aromatic N) is 2. The number of likely N-dealkylation sites (N-methyl/N-ethyl adjacent to an activating group) is 1. The topological polar surface area (TPSA) is 82.5 Å². The van der Waals surface area contributed by atoms with Crippen LogP contribution < -0.4 is 5.32 Å². The highest BCUT2D eigenvalue weighted by Gasteiger charge is 2.35. The van der Waals surface area contributed by atoms with E-state index in [2.05, 4.69) is 26.2 Å². The Balaban J connectivity index is 2.74. The molecule has 0 aromatic carbocycles. The van der Waals surface area contributed by atoms with Gasteiger partial charge in [-0.1, -0.05) is 11.3 Å². The van der Waals surface area contributed by atoms with Crippen molar-refractivity contribution in [1.29, 1.82) is 0 Å². The van der Waals surface area contributed by atoms with Gasteiger partial charge in [-0.05, 0) is 29.8 Å². The summed E-state index contributed by atoms with van der Waals surface area (Å²) in [5, 5.41) is 11.9. The minimum atomic E-state index is -1.28. The van der Waals surface area contributed by atoms with Gasteiger partial charge in [-0.3, -0.25) is 5.32 Å². The Morgan fingerprint density at radius 1 is 1.59 bits per heavy atom. The molecule has 6 nitrogen and oxygen atoms in total. The molecule has 0 aliphatic carbocycles. The molecule has 0 saturated carbocycles. The quantitative estimate of drug-likeness (QED) is 0.894. The van der Waals surface area contributed by atoms with Crippen LogP contribution in [0.4, 0.5) is 9.93 Å². The third-order valence-electron chi connectivity index (χ3n) is 2.36. The number of carbonyl (C=O) groups is 2.